The van der Waals surface area contributed by atoms with E-state index < -0.39 is 34.1 Å². The van der Waals surface area contributed by atoms with Gasteiger partial charge in [-0.2, -0.15) is 0 Å². The fraction of sp³-hybridized carbons (Fsp3) is 0.0500. The van der Waals surface area contributed by atoms with E-state index in [-0.39, 0.29) is 28.3 Å². The molecule has 3 aromatic rings. The number of amides is 1. The number of nitro groups is 1. The summed E-state index contributed by atoms with van der Waals surface area (Å²) in [7, 11) is 1.26. The quantitative estimate of drug-likeness (QED) is 0.235. The molecule has 0 aliphatic carbocycles. The van der Waals surface area contributed by atoms with Gasteiger partial charge in [0.15, 0.2) is 11.5 Å². The van der Waals surface area contributed by atoms with E-state index >= 15 is 0 Å². The number of rotatable bonds is 6. The maximum atomic E-state index is 14.2. The first-order chi connectivity index (χ1) is 14.8. The maximum Gasteiger partial charge on any atom is 0.311 e. The zero-order valence-corrected chi connectivity index (χ0v) is 16.0. The van der Waals surface area contributed by atoms with E-state index in [1.54, 1.807) is 6.07 Å². The number of furan rings is 1. The highest BCUT2D eigenvalue weighted by Crippen LogP contribution is 2.28. The fourth-order valence-electron chi connectivity index (χ4n) is 2.55. The minimum Gasteiger partial charge on any atom is -0.490 e. The minimum absolute atomic E-state index is 0.0284. The molecule has 0 saturated carbocycles. The topological polar surface area (TPSA) is 152 Å². The molecule has 31 heavy (non-hydrogen) atoms. The Morgan fingerprint density at radius 3 is 2.52 bits per heavy atom. The van der Waals surface area contributed by atoms with Crippen LogP contribution in [-0.4, -0.2) is 29.7 Å². The lowest BCUT2D eigenvalue weighted by Crippen LogP contribution is -2.16. The van der Waals surface area contributed by atoms with Crippen LogP contribution in [0.4, 0.5) is 15.8 Å². The van der Waals surface area contributed by atoms with Crippen molar-refractivity contribution in [2.75, 3.05) is 12.4 Å². The minimum atomic E-state index is -0.808. The summed E-state index contributed by atoms with van der Waals surface area (Å²) < 4.78 is 29.2. The van der Waals surface area contributed by atoms with Gasteiger partial charge in [-0.15, -0.1) is 0 Å². The van der Waals surface area contributed by atoms with E-state index in [0.717, 1.165) is 18.2 Å². The number of ether oxygens (including phenoxy) is 2. The van der Waals surface area contributed by atoms with Crippen LogP contribution >= 0.6 is 0 Å². The van der Waals surface area contributed by atoms with Crippen molar-refractivity contribution >= 4 is 29.1 Å². The van der Waals surface area contributed by atoms with Crippen LogP contribution in [0.1, 0.15) is 21.7 Å². The van der Waals surface area contributed by atoms with Gasteiger partial charge in [0, 0.05) is 17.2 Å². The molecule has 0 spiro atoms. The number of methoxy groups -OCH3 is 1. The molecule has 0 atom stereocenters. The lowest BCUT2D eigenvalue weighted by molar-refractivity contribution is -0.385. The summed E-state index contributed by atoms with van der Waals surface area (Å²) in [6, 6.07) is 9.96. The third-order valence-corrected chi connectivity index (χ3v) is 4.06. The first kappa shape index (κ1) is 21.2. The predicted molar refractivity (Wildman–Crippen MR) is 107 cm³/mol. The van der Waals surface area contributed by atoms with Gasteiger partial charge in [-0.05, 0) is 42.5 Å². The second-order valence-electron chi connectivity index (χ2n) is 6.03. The highest BCUT2D eigenvalue weighted by atomic mass is 19.1. The molecule has 11 heteroatoms. The lowest BCUT2D eigenvalue weighted by Gasteiger charge is -2.11. The molecule has 0 aliphatic heterocycles. The second-order valence-corrected chi connectivity index (χ2v) is 6.03. The van der Waals surface area contributed by atoms with Crippen molar-refractivity contribution < 1.29 is 28.0 Å². The van der Waals surface area contributed by atoms with Gasteiger partial charge < -0.3 is 19.2 Å². The number of nitro benzene ring substituents is 1. The molecule has 10 nitrogen and oxygen atoms in total. The summed E-state index contributed by atoms with van der Waals surface area (Å²) in [4.78, 5) is 22.9. The average molecular weight is 426 g/mol. The van der Waals surface area contributed by atoms with Crippen molar-refractivity contribution in [1.82, 2.24) is 0 Å². The van der Waals surface area contributed by atoms with E-state index in [1.807, 2.05) is 0 Å². The molecule has 1 heterocycles. The Morgan fingerprint density at radius 1 is 1.13 bits per heavy atom. The zero-order valence-electron chi connectivity index (χ0n) is 16.0. The van der Waals surface area contributed by atoms with Crippen molar-refractivity contribution in [2.24, 2.45) is 0 Å². The van der Waals surface area contributed by atoms with Crippen molar-refractivity contribution in [3.8, 4) is 5.75 Å². The highest BCUT2D eigenvalue weighted by Gasteiger charge is 2.20. The van der Waals surface area contributed by atoms with Gasteiger partial charge in [-0.3, -0.25) is 25.7 Å². The molecule has 0 unspecified atom stereocenters. The normalized spacial score (nSPS) is 10.3. The number of nitrogens with zero attached hydrogens (tertiary/aromatic N) is 1. The monoisotopic (exact) mass is 426 g/mol. The molecule has 1 amide bonds. The molecule has 1 aromatic heterocycles. The molecule has 0 bridgehead atoms. The van der Waals surface area contributed by atoms with E-state index in [4.69, 9.17) is 24.7 Å². The van der Waals surface area contributed by atoms with Crippen LogP contribution in [0.25, 0.3) is 0 Å². The SMILES string of the molecule is COc1ccc(C(=O)Nc2cc(C(=N)OC(=N)c3ccco3)ccc2F)cc1[N+](=O)[O-]. The van der Waals surface area contributed by atoms with Gasteiger partial charge in [0.2, 0.25) is 5.90 Å². The Bertz CT molecular complexity index is 1180. The van der Waals surface area contributed by atoms with Crippen LogP contribution in [0.2, 0.25) is 0 Å². The van der Waals surface area contributed by atoms with Crippen molar-refractivity contribution in [3.63, 3.8) is 0 Å². The Labute approximate surface area is 174 Å². The molecular formula is C20H15FN4O6. The summed E-state index contributed by atoms with van der Waals surface area (Å²) in [6.45, 7) is 0. The molecule has 3 N–H and O–H groups in total. The van der Waals surface area contributed by atoms with Crippen molar-refractivity contribution in [3.05, 3.63) is 87.6 Å². The Hall–Kier alpha value is -4.54. The van der Waals surface area contributed by atoms with Crippen LogP contribution in [0.3, 0.4) is 0 Å². The number of nitrogens with one attached hydrogen (secondary N) is 3. The van der Waals surface area contributed by atoms with Crippen LogP contribution in [-0.2, 0) is 4.74 Å². The van der Waals surface area contributed by atoms with Crippen molar-refractivity contribution in [2.45, 2.75) is 0 Å². The smallest absolute Gasteiger partial charge is 0.311 e. The molecule has 0 radical (unpaired) electrons. The van der Waals surface area contributed by atoms with Crippen LogP contribution in [0, 0.1) is 26.8 Å². The molecular weight excluding hydrogens is 411 g/mol. The number of hydrogen-bond acceptors (Lipinski definition) is 8. The summed E-state index contributed by atoms with van der Waals surface area (Å²) in [6.07, 6.45) is 1.34. The molecule has 0 fully saturated rings. The fourth-order valence-corrected chi connectivity index (χ4v) is 2.55. The Balaban J connectivity index is 1.80. The van der Waals surface area contributed by atoms with Gasteiger partial charge in [-0.1, -0.05) is 0 Å². The van der Waals surface area contributed by atoms with Gasteiger partial charge in [0.05, 0.1) is 24.0 Å². The summed E-state index contributed by atoms with van der Waals surface area (Å²) in [5.74, 6) is -2.43. The molecule has 0 aliphatic rings. The first-order valence-corrected chi connectivity index (χ1v) is 8.62. The second kappa shape index (κ2) is 8.86. The molecule has 3 rings (SSSR count). The van der Waals surface area contributed by atoms with Crippen LogP contribution in [0.5, 0.6) is 5.75 Å². The van der Waals surface area contributed by atoms with E-state index in [1.165, 1.54) is 37.6 Å². The number of benzene rings is 2. The van der Waals surface area contributed by atoms with E-state index in [9.17, 15) is 19.3 Å². The standard InChI is InChI=1S/C20H15FN4O6/c1-29-16-7-5-12(10-15(16)25(27)28)20(26)24-14-9-11(4-6-13(14)21)18(22)31-19(23)17-3-2-8-30-17/h2-10,22-23H,1H3,(H,24,26). The zero-order chi connectivity index (χ0) is 22.5. The Morgan fingerprint density at radius 2 is 1.87 bits per heavy atom. The average Bonchev–Trinajstić information content (AvgIpc) is 3.29. The summed E-state index contributed by atoms with van der Waals surface area (Å²) in [5.41, 5.74) is -0.716. The molecule has 2 aromatic carbocycles. The van der Waals surface area contributed by atoms with E-state index in [2.05, 4.69) is 5.32 Å². The summed E-state index contributed by atoms with van der Waals surface area (Å²) in [5, 5.41) is 29.2. The van der Waals surface area contributed by atoms with Gasteiger partial charge in [-0.25, -0.2) is 4.39 Å². The molecule has 0 saturated heterocycles. The van der Waals surface area contributed by atoms with Gasteiger partial charge in [0.1, 0.15) is 5.82 Å². The maximum absolute atomic E-state index is 14.2. The highest BCUT2D eigenvalue weighted by molar-refractivity contribution is 6.07. The van der Waals surface area contributed by atoms with Crippen LogP contribution < -0.4 is 10.1 Å². The number of anilines is 1. The largest absolute Gasteiger partial charge is 0.490 e. The Kier molecular flexibility index (Phi) is 6.05. The summed E-state index contributed by atoms with van der Waals surface area (Å²) >= 11 is 0. The van der Waals surface area contributed by atoms with Gasteiger partial charge in [0.25, 0.3) is 11.8 Å². The number of carbonyl (C=O) groups excluding carboxylic acids is 1. The predicted octanol–water partition coefficient (Wildman–Crippen LogP) is 3.96. The van der Waals surface area contributed by atoms with Gasteiger partial charge >= 0.3 is 5.69 Å². The number of hydrogen-bond donors (Lipinski definition) is 3. The van der Waals surface area contributed by atoms with E-state index in [0.29, 0.717) is 0 Å². The van der Waals surface area contributed by atoms with Crippen molar-refractivity contribution in [1.29, 1.82) is 10.8 Å². The third-order valence-electron chi connectivity index (χ3n) is 4.06. The number of halogens is 1. The first-order valence-electron chi connectivity index (χ1n) is 8.62. The third kappa shape index (κ3) is 4.72. The van der Waals surface area contributed by atoms with Crippen LogP contribution in [0.15, 0.2) is 59.2 Å². The number of carbonyl (C=O) groups is 1. The lowest BCUT2D eigenvalue weighted by atomic mass is 10.1. The molecule has 158 valence electrons.